The van der Waals surface area contributed by atoms with Gasteiger partial charge in [0, 0.05) is 6.04 Å². The van der Waals surface area contributed by atoms with Gasteiger partial charge in [-0.2, -0.15) is 0 Å². The van der Waals surface area contributed by atoms with Gasteiger partial charge in [-0.15, -0.1) is 0 Å². The Labute approximate surface area is 116 Å². The molecule has 0 aliphatic carbocycles. The van der Waals surface area contributed by atoms with Crippen molar-refractivity contribution in [1.29, 1.82) is 0 Å². The van der Waals surface area contributed by atoms with Crippen LogP contribution in [0.15, 0.2) is 48.5 Å². The Hall–Kier alpha value is -1.60. The third-order valence-electron chi connectivity index (χ3n) is 3.59. The van der Waals surface area contributed by atoms with E-state index in [1.165, 1.54) is 22.3 Å². The second kappa shape index (κ2) is 6.53. The molecule has 1 heteroatoms. The van der Waals surface area contributed by atoms with Gasteiger partial charge < -0.3 is 5.32 Å². The fourth-order valence-electron chi connectivity index (χ4n) is 2.36. The maximum atomic E-state index is 3.44. The highest BCUT2D eigenvalue weighted by molar-refractivity contribution is 5.64. The fourth-order valence-corrected chi connectivity index (χ4v) is 2.36. The SMILES string of the molecule is CCNC(C)c1ccc(-c2cccc(CC)c2)cc1. The molecule has 0 saturated carbocycles. The van der Waals surface area contributed by atoms with Gasteiger partial charge in [-0.25, -0.2) is 0 Å². The van der Waals surface area contributed by atoms with Crippen molar-refractivity contribution in [2.45, 2.75) is 33.2 Å². The maximum Gasteiger partial charge on any atom is 0.0291 e. The number of hydrogen-bond donors (Lipinski definition) is 1. The third kappa shape index (κ3) is 3.45. The average molecular weight is 253 g/mol. The monoisotopic (exact) mass is 253 g/mol. The summed E-state index contributed by atoms with van der Waals surface area (Å²) in [5, 5.41) is 3.44. The van der Waals surface area contributed by atoms with E-state index in [1.54, 1.807) is 0 Å². The summed E-state index contributed by atoms with van der Waals surface area (Å²) in [7, 11) is 0. The Kier molecular flexibility index (Phi) is 4.75. The molecule has 0 bridgehead atoms. The molecule has 0 aliphatic rings. The highest BCUT2D eigenvalue weighted by atomic mass is 14.9. The van der Waals surface area contributed by atoms with Gasteiger partial charge in [-0.1, -0.05) is 62.4 Å². The van der Waals surface area contributed by atoms with E-state index in [0.29, 0.717) is 6.04 Å². The highest BCUT2D eigenvalue weighted by Crippen LogP contribution is 2.23. The molecule has 2 aromatic rings. The largest absolute Gasteiger partial charge is 0.310 e. The molecule has 0 fully saturated rings. The van der Waals surface area contributed by atoms with Crippen molar-refractivity contribution in [3.05, 3.63) is 59.7 Å². The molecule has 0 aliphatic heterocycles. The van der Waals surface area contributed by atoms with Crippen LogP contribution in [-0.4, -0.2) is 6.54 Å². The number of nitrogens with one attached hydrogen (secondary N) is 1. The molecule has 1 unspecified atom stereocenters. The number of rotatable bonds is 5. The van der Waals surface area contributed by atoms with Gasteiger partial charge in [0.25, 0.3) is 0 Å². The molecule has 100 valence electrons. The van der Waals surface area contributed by atoms with E-state index in [9.17, 15) is 0 Å². The zero-order valence-electron chi connectivity index (χ0n) is 12.1. The van der Waals surface area contributed by atoms with Gasteiger partial charge in [0.2, 0.25) is 0 Å². The zero-order chi connectivity index (χ0) is 13.7. The molecule has 0 amide bonds. The van der Waals surface area contributed by atoms with E-state index in [1.807, 2.05) is 0 Å². The van der Waals surface area contributed by atoms with Crippen molar-refractivity contribution in [3.63, 3.8) is 0 Å². The van der Waals surface area contributed by atoms with Crippen molar-refractivity contribution in [1.82, 2.24) is 5.32 Å². The van der Waals surface area contributed by atoms with Crippen LogP contribution in [0.2, 0.25) is 0 Å². The molecule has 19 heavy (non-hydrogen) atoms. The second-order valence-electron chi connectivity index (χ2n) is 4.96. The predicted octanol–water partition coefficient (Wildman–Crippen LogP) is 4.59. The lowest BCUT2D eigenvalue weighted by molar-refractivity contribution is 0.598. The molecule has 2 aromatic carbocycles. The normalized spacial score (nSPS) is 12.4. The van der Waals surface area contributed by atoms with Crippen LogP contribution in [0.4, 0.5) is 0 Å². The number of benzene rings is 2. The lowest BCUT2D eigenvalue weighted by Crippen LogP contribution is -2.17. The summed E-state index contributed by atoms with van der Waals surface area (Å²) in [4.78, 5) is 0. The molecule has 0 saturated heterocycles. The average Bonchev–Trinajstić information content (AvgIpc) is 2.48. The topological polar surface area (TPSA) is 12.0 Å². The molecule has 1 nitrogen and oxygen atoms in total. The van der Waals surface area contributed by atoms with Crippen molar-refractivity contribution < 1.29 is 0 Å². The zero-order valence-corrected chi connectivity index (χ0v) is 12.1. The van der Waals surface area contributed by atoms with E-state index in [0.717, 1.165) is 13.0 Å². The van der Waals surface area contributed by atoms with Crippen LogP contribution in [-0.2, 0) is 6.42 Å². The molecule has 2 rings (SSSR count). The molecule has 0 aromatic heterocycles. The minimum atomic E-state index is 0.418. The van der Waals surface area contributed by atoms with E-state index in [-0.39, 0.29) is 0 Å². The Morgan fingerprint density at radius 2 is 1.68 bits per heavy atom. The standard InChI is InChI=1S/C18H23N/c1-4-15-7-6-8-18(13-15)17-11-9-16(10-12-17)14(3)19-5-2/h6-14,19H,4-5H2,1-3H3. The van der Waals surface area contributed by atoms with Crippen LogP contribution >= 0.6 is 0 Å². The number of aryl methyl sites for hydroxylation is 1. The van der Waals surface area contributed by atoms with E-state index < -0.39 is 0 Å². The van der Waals surface area contributed by atoms with Crippen LogP contribution in [0.1, 0.15) is 37.9 Å². The summed E-state index contributed by atoms with van der Waals surface area (Å²) in [6.45, 7) is 7.54. The lowest BCUT2D eigenvalue weighted by Gasteiger charge is -2.13. The van der Waals surface area contributed by atoms with Gasteiger partial charge >= 0.3 is 0 Å². The van der Waals surface area contributed by atoms with Crippen LogP contribution in [0.25, 0.3) is 11.1 Å². The minimum Gasteiger partial charge on any atom is -0.310 e. The Balaban J connectivity index is 2.22. The lowest BCUT2D eigenvalue weighted by atomic mass is 9.99. The first kappa shape index (κ1) is 13.8. The minimum absolute atomic E-state index is 0.418. The molecule has 0 radical (unpaired) electrons. The maximum absolute atomic E-state index is 3.44. The molecule has 0 spiro atoms. The Morgan fingerprint density at radius 1 is 0.947 bits per heavy atom. The fraction of sp³-hybridized carbons (Fsp3) is 0.333. The Bertz CT molecular complexity index is 513. The first-order valence-electron chi connectivity index (χ1n) is 7.17. The van der Waals surface area contributed by atoms with Crippen molar-refractivity contribution in [2.75, 3.05) is 6.54 Å². The third-order valence-corrected chi connectivity index (χ3v) is 3.59. The summed E-state index contributed by atoms with van der Waals surface area (Å²) in [5.74, 6) is 0. The van der Waals surface area contributed by atoms with Crippen molar-refractivity contribution >= 4 is 0 Å². The first-order valence-corrected chi connectivity index (χ1v) is 7.17. The van der Waals surface area contributed by atoms with Crippen LogP contribution in [0.3, 0.4) is 0 Å². The number of hydrogen-bond acceptors (Lipinski definition) is 1. The Morgan fingerprint density at radius 3 is 2.32 bits per heavy atom. The summed E-state index contributed by atoms with van der Waals surface area (Å²) >= 11 is 0. The molecule has 0 heterocycles. The second-order valence-corrected chi connectivity index (χ2v) is 4.96. The molecule has 1 N–H and O–H groups in total. The molecular weight excluding hydrogens is 230 g/mol. The van der Waals surface area contributed by atoms with E-state index in [2.05, 4.69) is 74.6 Å². The van der Waals surface area contributed by atoms with Crippen LogP contribution in [0, 0.1) is 0 Å². The van der Waals surface area contributed by atoms with Gasteiger partial charge in [0.15, 0.2) is 0 Å². The quantitative estimate of drug-likeness (QED) is 0.822. The van der Waals surface area contributed by atoms with Crippen molar-refractivity contribution in [2.24, 2.45) is 0 Å². The summed E-state index contributed by atoms with van der Waals surface area (Å²) in [6, 6.07) is 18.1. The van der Waals surface area contributed by atoms with E-state index in [4.69, 9.17) is 0 Å². The van der Waals surface area contributed by atoms with Gasteiger partial charge in [-0.3, -0.25) is 0 Å². The van der Waals surface area contributed by atoms with Gasteiger partial charge in [-0.05, 0) is 42.1 Å². The predicted molar refractivity (Wildman–Crippen MR) is 83.3 cm³/mol. The van der Waals surface area contributed by atoms with Crippen LogP contribution < -0.4 is 5.32 Å². The smallest absolute Gasteiger partial charge is 0.0291 e. The van der Waals surface area contributed by atoms with Gasteiger partial charge in [0.1, 0.15) is 0 Å². The highest BCUT2D eigenvalue weighted by Gasteiger charge is 2.04. The van der Waals surface area contributed by atoms with Gasteiger partial charge in [0.05, 0.1) is 0 Å². The molecular formula is C18H23N. The summed E-state index contributed by atoms with van der Waals surface area (Å²) < 4.78 is 0. The summed E-state index contributed by atoms with van der Waals surface area (Å²) in [6.07, 6.45) is 1.09. The summed E-state index contributed by atoms with van der Waals surface area (Å²) in [5.41, 5.74) is 5.34. The molecule has 1 atom stereocenters. The van der Waals surface area contributed by atoms with E-state index >= 15 is 0 Å². The first-order chi connectivity index (χ1) is 9.24. The van der Waals surface area contributed by atoms with Crippen LogP contribution in [0.5, 0.6) is 0 Å². The van der Waals surface area contributed by atoms with Crippen molar-refractivity contribution in [3.8, 4) is 11.1 Å².